The number of likely N-dealkylation sites (tertiary alicyclic amines) is 1. The minimum atomic E-state index is -1.07. The number of carbonyl (C=O) groups is 1. The van der Waals surface area contributed by atoms with E-state index >= 15 is 0 Å². The summed E-state index contributed by atoms with van der Waals surface area (Å²) in [6.07, 6.45) is -0.965. The molecule has 0 aliphatic carbocycles. The van der Waals surface area contributed by atoms with Crippen LogP contribution in [-0.2, 0) is 4.74 Å². The molecule has 1 N–H and O–H groups in total. The first-order valence-electron chi connectivity index (χ1n) is 7.48. The Kier molecular flexibility index (Phi) is 4.22. The van der Waals surface area contributed by atoms with E-state index in [1.165, 1.54) is 11.0 Å². The number of benzene rings is 1. The van der Waals surface area contributed by atoms with Crippen LogP contribution in [0.25, 0.3) is 0 Å². The van der Waals surface area contributed by atoms with Gasteiger partial charge < -0.3 is 9.84 Å². The molecule has 0 aromatic heterocycles. The Morgan fingerprint density at radius 1 is 1.41 bits per heavy atom. The summed E-state index contributed by atoms with van der Waals surface area (Å²) < 4.78 is 19.3. The predicted octanol–water partition coefficient (Wildman–Crippen LogP) is 3.65. The van der Waals surface area contributed by atoms with Crippen molar-refractivity contribution in [1.82, 2.24) is 4.90 Å². The van der Waals surface area contributed by atoms with Gasteiger partial charge in [0.15, 0.2) is 0 Å². The molecule has 0 bridgehead atoms. The summed E-state index contributed by atoms with van der Waals surface area (Å²) in [7, 11) is 0. The maximum Gasteiger partial charge on any atom is 0.411 e. The second-order valence-electron chi connectivity index (χ2n) is 7.40. The Bertz CT molecular complexity index is 565. The summed E-state index contributed by atoms with van der Waals surface area (Å²) in [4.78, 5) is 13.9. The van der Waals surface area contributed by atoms with Crippen LogP contribution < -0.4 is 0 Å². The number of ether oxygens (including phenoxy) is 1. The lowest BCUT2D eigenvalue weighted by atomic mass is 9.77. The SMILES string of the molecule is CC(C)(C)OC(=O)N1C([C@H](O)c2ccccc2F)CC1(C)C. The summed E-state index contributed by atoms with van der Waals surface area (Å²) in [6, 6.07) is 5.60. The molecular formula is C17H24FNO3. The Morgan fingerprint density at radius 2 is 2.00 bits per heavy atom. The number of halogens is 1. The van der Waals surface area contributed by atoms with Crippen molar-refractivity contribution in [2.24, 2.45) is 0 Å². The molecule has 1 aromatic carbocycles. The molecule has 22 heavy (non-hydrogen) atoms. The molecule has 0 radical (unpaired) electrons. The van der Waals surface area contributed by atoms with Gasteiger partial charge in [0.05, 0.1) is 6.04 Å². The summed E-state index contributed by atoms with van der Waals surface area (Å²) in [5, 5.41) is 10.5. The molecule has 1 amide bonds. The zero-order valence-corrected chi connectivity index (χ0v) is 13.8. The maximum absolute atomic E-state index is 13.9. The number of carbonyl (C=O) groups excluding carboxylic acids is 1. The Hall–Kier alpha value is -1.62. The number of hydrogen-bond acceptors (Lipinski definition) is 3. The molecule has 1 unspecified atom stereocenters. The predicted molar refractivity (Wildman–Crippen MR) is 81.9 cm³/mol. The van der Waals surface area contributed by atoms with Crippen LogP contribution in [-0.4, -0.2) is 33.3 Å². The van der Waals surface area contributed by atoms with Crippen LogP contribution >= 0.6 is 0 Å². The molecule has 122 valence electrons. The minimum Gasteiger partial charge on any atom is -0.444 e. The molecule has 0 spiro atoms. The number of aliphatic hydroxyl groups is 1. The van der Waals surface area contributed by atoms with E-state index in [1.54, 1.807) is 39.0 Å². The zero-order chi connectivity index (χ0) is 16.7. The number of rotatable bonds is 2. The van der Waals surface area contributed by atoms with E-state index in [0.717, 1.165) is 0 Å². The average Bonchev–Trinajstić information content (AvgIpc) is 2.33. The topological polar surface area (TPSA) is 49.8 Å². The van der Waals surface area contributed by atoms with Crippen LogP contribution in [0.4, 0.5) is 9.18 Å². The summed E-state index contributed by atoms with van der Waals surface area (Å²) >= 11 is 0. The molecule has 2 rings (SSSR count). The van der Waals surface area contributed by atoms with Crippen molar-refractivity contribution in [3.8, 4) is 0 Å². The highest BCUT2D eigenvalue weighted by Gasteiger charge is 2.52. The highest BCUT2D eigenvalue weighted by atomic mass is 19.1. The molecule has 1 heterocycles. The molecular weight excluding hydrogens is 285 g/mol. The van der Waals surface area contributed by atoms with E-state index in [-0.39, 0.29) is 5.56 Å². The second kappa shape index (κ2) is 5.54. The van der Waals surface area contributed by atoms with E-state index < -0.39 is 35.2 Å². The van der Waals surface area contributed by atoms with Crippen molar-refractivity contribution in [3.05, 3.63) is 35.6 Å². The van der Waals surface area contributed by atoms with Gasteiger partial charge in [-0.2, -0.15) is 0 Å². The van der Waals surface area contributed by atoms with Crippen molar-refractivity contribution in [3.63, 3.8) is 0 Å². The smallest absolute Gasteiger partial charge is 0.411 e. The van der Waals surface area contributed by atoms with Crippen LogP contribution in [0.5, 0.6) is 0 Å². The second-order valence-corrected chi connectivity index (χ2v) is 7.40. The van der Waals surface area contributed by atoms with Crippen LogP contribution in [0.2, 0.25) is 0 Å². The molecule has 1 saturated heterocycles. The van der Waals surface area contributed by atoms with Gasteiger partial charge in [0, 0.05) is 11.1 Å². The third-order valence-corrected chi connectivity index (χ3v) is 3.87. The monoisotopic (exact) mass is 309 g/mol. The molecule has 4 nitrogen and oxygen atoms in total. The van der Waals surface area contributed by atoms with Crippen molar-refractivity contribution in [2.45, 2.75) is 64.3 Å². The maximum atomic E-state index is 13.9. The third kappa shape index (κ3) is 3.24. The van der Waals surface area contributed by atoms with Gasteiger partial charge in [-0.15, -0.1) is 0 Å². The lowest BCUT2D eigenvalue weighted by molar-refractivity contribution is -0.105. The highest BCUT2D eigenvalue weighted by Crippen LogP contribution is 2.43. The first-order valence-corrected chi connectivity index (χ1v) is 7.48. The molecule has 1 aliphatic rings. The number of nitrogens with zero attached hydrogens (tertiary/aromatic N) is 1. The number of aliphatic hydroxyl groups excluding tert-OH is 1. The summed E-state index contributed by atoms with van der Waals surface area (Å²) in [5.74, 6) is -0.469. The first-order chi connectivity index (χ1) is 10.0. The first kappa shape index (κ1) is 16.7. The zero-order valence-electron chi connectivity index (χ0n) is 13.8. The highest BCUT2D eigenvalue weighted by molar-refractivity contribution is 5.71. The lowest BCUT2D eigenvalue weighted by Crippen LogP contribution is -2.67. The Labute approximate surface area is 130 Å². The summed E-state index contributed by atoms with van der Waals surface area (Å²) in [5.41, 5.74) is -0.827. The van der Waals surface area contributed by atoms with Crippen molar-refractivity contribution in [1.29, 1.82) is 0 Å². The molecule has 5 heteroatoms. The minimum absolute atomic E-state index is 0.205. The number of amides is 1. The lowest BCUT2D eigenvalue weighted by Gasteiger charge is -2.56. The quantitative estimate of drug-likeness (QED) is 0.907. The van der Waals surface area contributed by atoms with Crippen LogP contribution in [0, 0.1) is 5.82 Å². The van der Waals surface area contributed by atoms with Gasteiger partial charge in [0.1, 0.15) is 17.5 Å². The molecule has 2 atom stereocenters. The van der Waals surface area contributed by atoms with Gasteiger partial charge in [-0.25, -0.2) is 9.18 Å². The van der Waals surface area contributed by atoms with Gasteiger partial charge in [0.2, 0.25) is 0 Å². The van der Waals surface area contributed by atoms with Crippen LogP contribution in [0.15, 0.2) is 24.3 Å². The van der Waals surface area contributed by atoms with Crippen molar-refractivity contribution in [2.75, 3.05) is 0 Å². The van der Waals surface area contributed by atoms with Gasteiger partial charge in [-0.3, -0.25) is 4.90 Å². The Morgan fingerprint density at radius 3 is 2.50 bits per heavy atom. The largest absolute Gasteiger partial charge is 0.444 e. The fourth-order valence-corrected chi connectivity index (χ4v) is 2.91. The average molecular weight is 309 g/mol. The van der Waals surface area contributed by atoms with Crippen LogP contribution in [0.1, 0.15) is 52.7 Å². The van der Waals surface area contributed by atoms with Gasteiger partial charge >= 0.3 is 6.09 Å². The van der Waals surface area contributed by atoms with Crippen molar-refractivity contribution >= 4 is 6.09 Å². The fraction of sp³-hybridized carbons (Fsp3) is 0.588. The van der Waals surface area contributed by atoms with E-state index in [1.807, 2.05) is 13.8 Å². The van der Waals surface area contributed by atoms with E-state index in [0.29, 0.717) is 6.42 Å². The molecule has 1 fully saturated rings. The Balaban J connectivity index is 2.21. The van der Waals surface area contributed by atoms with E-state index in [4.69, 9.17) is 4.74 Å². The third-order valence-electron chi connectivity index (χ3n) is 3.87. The molecule has 1 aromatic rings. The van der Waals surface area contributed by atoms with Gasteiger partial charge in [-0.05, 0) is 47.1 Å². The molecule has 1 aliphatic heterocycles. The van der Waals surface area contributed by atoms with E-state index in [2.05, 4.69) is 0 Å². The number of hydrogen-bond donors (Lipinski definition) is 1. The van der Waals surface area contributed by atoms with Gasteiger partial charge in [0.25, 0.3) is 0 Å². The fourth-order valence-electron chi connectivity index (χ4n) is 2.91. The van der Waals surface area contributed by atoms with Crippen molar-refractivity contribution < 1.29 is 19.0 Å². The molecule has 0 saturated carbocycles. The van der Waals surface area contributed by atoms with E-state index in [9.17, 15) is 14.3 Å². The summed E-state index contributed by atoms with van der Waals surface area (Å²) in [6.45, 7) is 9.18. The standard InChI is InChI=1S/C17H24FNO3/c1-16(2,3)22-15(21)19-13(10-17(19,4)5)14(20)11-8-6-7-9-12(11)18/h6-9,13-14,20H,10H2,1-5H3/t13?,14-/m1/s1. The van der Waals surface area contributed by atoms with Crippen LogP contribution in [0.3, 0.4) is 0 Å². The van der Waals surface area contributed by atoms with Gasteiger partial charge in [-0.1, -0.05) is 18.2 Å². The normalized spacial score (nSPS) is 22.0.